The minimum Gasteiger partial charge on any atom is -0.465 e. The molecule has 1 rings (SSSR count). The zero-order valence-corrected chi connectivity index (χ0v) is 14.9. The second kappa shape index (κ2) is 10.9. The van der Waals surface area contributed by atoms with E-state index < -0.39 is 17.0 Å². The fourth-order valence-electron chi connectivity index (χ4n) is 2.34. The fraction of sp³-hybridized carbons (Fsp3) is 0.526. The summed E-state index contributed by atoms with van der Waals surface area (Å²) in [4.78, 5) is 11.2. The minimum absolute atomic E-state index is 0.0510. The second-order valence-corrected chi connectivity index (χ2v) is 5.54. The van der Waals surface area contributed by atoms with Crippen LogP contribution in [0.5, 0.6) is 0 Å². The molecular formula is C19H28F2O3. The first kappa shape index (κ1) is 22.2. The molecule has 0 fully saturated rings. The van der Waals surface area contributed by atoms with E-state index >= 15 is 0 Å². The summed E-state index contributed by atoms with van der Waals surface area (Å²) in [5.41, 5.74) is -0.506. The molecule has 136 valence electrons. The van der Waals surface area contributed by atoms with Crippen molar-refractivity contribution in [1.82, 2.24) is 0 Å². The monoisotopic (exact) mass is 342 g/mol. The highest BCUT2D eigenvalue weighted by Gasteiger charge is 2.30. The third-order valence-electron chi connectivity index (χ3n) is 3.74. The number of allylic oxidation sites excluding steroid dienone is 1. The van der Waals surface area contributed by atoms with E-state index in [1.54, 1.807) is 19.9 Å². The number of carbonyl (C=O) groups excluding carboxylic acids is 1. The summed E-state index contributed by atoms with van der Waals surface area (Å²) in [6.07, 6.45) is 2.14. The van der Waals surface area contributed by atoms with Gasteiger partial charge in [0.05, 0.1) is 6.61 Å². The quantitative estimate of drug-likeness (QED) is 0.563. The van der Waals surface area contributed by atoms with Gasteiger partial charge in [0.25, 0.3) is 0 Å². The number of carbonyl (C=O) groups is 1. The molecule has 0 amide bonds. The van der Waals surface area contributed by atoms with Crippen molar-refractivity contribution >= 4 is 5.97 Å². The van der Waals surface area contributed by atoms with E-state index in [9.17, 15) is 18.7 Å². The lowest BCUT2D eigenvalue weighted by atomic mass is 9.75. The summed E-state index contributed by atoms with van der Waals surface area (Å²) in [5, 5.41) is 9.45. The van der Waals surface area contributed by atoms with Gasteiger partial charge in [-0.3, -0.25) is 4.79 Å². The Morgan fingerprint density at radius 3 is 2.50 bits per heavy atom. The van der Waals surface area contributed by atoms with Crippen molar-refractivity contribution in [2.24, 2.45) is 5.92 Å². The Morgan fingerprint density at radius 2 is 2.04 bits per heavy atom. The maximum Gasteiger partial charge on any atom is 0.305 e. The van der Waals surface area contributed by atoms with E-state index in [0.717, 1.165) is 6.07 Å². The summed E-state index contributed by atoms with van der Waals surface area (Å²) >= 11 is 0. The number of aliphatic hydroxyl groups excluding tert-OH is 1. The number of aliphatic hydroxyl groups is 1. The first-order valence-electron chi connectivity index (χ1n) is 8.22. The number of ether oxygens (including phenoxy) is 1. The molecule has 0 saturated heterocycles. The first-order chi connectivity index (χ1) is 11.4. The van der Waals surface area contributed by atoms with Crippen LogP contribution in [0, 0.1) is 17.6 Å². The van der Waals surface area contributed by atoms with Crippen molar-refractivity contribution in [3.8, 4) is 0 Å². The molecule has 3 nitrogen and oxygen atoms in total. The fourth-order valence-corrected chi connectivity index (χ4v) is 2.34. The molecule has 1 aromatic rings. The molecule has 1 aromatic carbocycles. The molecule has 0 spiro atoms. The summed E-state index contributed by atoms with van der Waals surface area (Å²) in [7, 11) is 0. The molecule has 0 aromatic heterocycles. The predicted octanol–water partition coefficient (Wildman–Crippen LogP) is 4.39. The van der Waals surface area contributed by atoms with Gasteiger partial charge in [0.2, 0.25) is 0 Å². The Labute approximate surface area is 143 Å². The Bertz CT molecular complexity index is 531. The predicted molar refractivity (Wildman–Crippen MR) is 91.7 cm³/mol. The molecule has 0 aliphatic carbocycles. The lowest BCUT2D eigenvalue weighted by Gasteiger charge is -2.30. The number of rotatable bonds is 8. The maximum atomic E-state index is 14.0. The molecule has 5 heteroatoms. The second-order valence-electron chi connectivity index (χ2n) is 5.54. The highest BCUT2D eigenvalue weighted by atomic mass is 19.1. The van der Waals surface area contributed by atoms with E-state index in [4.69, 9.17) is 4.74 Å². The van der Waals surface area contributed by atoms with E-state index in [1.165, 1.54) is 12.1 Å². The molecule has 1 N–H and O–H groups in total. The van der Waals surface area contributed by atoms with Crippen molar-refractivity contribution < 1.29 is 23.4 Å². The Morgan fingerprint density at radius 1 is 1.42 bits per heavy atom. The van der Waals surface area contributed by atoms with Gasteiger partial charge >= 0.3 is 5.97 Å². The average molecular weight is 342 g/mol. The number of hydrogen-bond acceptors (Lipinski definition) is 3. The Balaban J connectivity index is 0.00000254. The van der Waals surface area contributed by atoms with Crippen LogP contribution in [-0.2, 0) is 14.9 Å². The third kappa shape index (κ3) is 6.40. The molecule has 0 aliphatic heterocycles. The van der Waals surface area contributed by atoms with Crippen LogP contribution in [0.1, 0.15) is 46.1 Å². The zero-order valence-electron chi connectivity index (χ0n) is 14.9. The summed E-state index contributed by atoms with van der Waals surface area (Å²) in [6.45, 7) is 11.0. The molecule has 24 heavy (non-hydrogen) atoms. The van der Waals surface area contributed by atoms with Gasteiger partial charge < -0.3 is 9.84 Å². The van der Waals surface area contributed by atoms with Crippen LogP contribution in [0.15, 0.2) is 30.9 Å². The number of esters is 1. The van der Waals surface area contributed by atoms with Crippen molar-refractivity contribution in [1.29, 1.82) is 0 Å². The molecule has 0 radical (unpaired) electrons. The van der Waals surface area contributed by atoms with E-state index in [2.05, 4.69) is 6.58 Å². The average Bonchev–Trinajstić information content (AvgIpc) is 2.59. The standard InChI is InChI=1S/C17H22F2O3.C2H6/c1-4-16(21)22-11-12(10-20)9-17(3,5-2)14-7-6-13(18)8-15(14)19;1-2/h5-8,12,20H,2,4,9-11H2,1,3H3;1-2H3/t12-,17?;/m0./s1. The van der Waals surface area contributed by atoms with Gasteiger partial charge in [-0.2, -0.15) is 0 Å². The van der Waals surface area contributed by atoms with Gasteiger partial charge in [-0.05, 0) is 18.1 Å². The van der Waals surface area contributed by atoms with Gasteiger partial charge in [0.15, 0.2) is 0 Å². The van der Waals surface area contributed by atoms with E-state index in [0.29, 0.717) is 12.0 Å². The van der Waals surface area contributed by atoms with Gasteiger partial charge in [-0.1, -0.05) is 39.8 Å². The highest BCUT2D eigenvalue weighted by Crippen LogP contribution is 2.34. The lowest BCUT2D eigenvalue weighted by Crippen LogP contribution is -2.29. The number of halogens is 2. The van der Waals surface area contributed by atoms with Crippen LogP contribution >= 0.6 is 0 Å². The zero-order chi connectivity index (χ0) is 18.8. The van der Waals surface area contributed by atoms with Crippen molar-refractivity contribution in [3.63, 3.8) is 0 Å². The van der Waals surface area contributed by atoms with Gasteiger partial charge in [-0.15, -0.1) is 6.58 Å². The maximum absolute atomic E-state index is 14.0. The van der Waals surface area contributed by atoms with Gasteiger partial charge in [0, 0.05) is 30.4 Å². The SMILES string of the molecule is C=CC(C)(C[C@@H](CO)COC(=O)CC)c1ccc(F)cc1F.CC. The largest absolute Gasteiger partial charge is 0.465 e. The lowest BCUT2D eigenvalue weighted by molar-refractivity contribution is -0.145. The highest BCUT2D eigenvalue weighted by molar-refractivity contribution is 5.68. The van der Waals surface area contributed by atoms with Crippen LogP contribution in [0.4, 0.5) is 8.78 Å². The van der Waals surface area contributed by atoms with Crippen LogP contribution in [0.3, 0.4) is 0 Å². The van der Waals surface area contributed by atoms with E-state index in [1.807, 2.05) is 13.8 Å². The number of benzene rings is 1. The van der Waals surface area contributed by atoms with Gasteiger partial charge in [0.1, 0.15) is 11.6 Å². The van der Waals surface area contributed by atoms with Crippen molar-refractivity contribution in [2.75, 3.05) is 13.2 Å². The van der Waals surface area contributed by atoms with Crippen LogP contribution in [-0.4, -0.2) is 24.3 Å². The summed E-state index contributed by atoms with van der Waals surface area (Å²) in [5.74, 6) is -2.03. The smallest absolute Gasteiger partial charge is 0.305 e. The van der Waals surface area contributed by atoms with E-state index in [-0.39, 0.29) is 31.5 Å². The molecule has 1 unspecified atom stereocenters. The molecule has 0 bridgehead atoms. The molecular weight excluding hydrogens is 314 g/mol. The van der Waals surface area contributed by atoms with Crippen molar-refractivity contribution in [3.05, 3.63) is 48.1 Å². The van der Waals surface area contributed by atoms with Gasteiger partial charge in [-0.25, -0.2) is 8.78 Å². The summed E-state index contributed by atoms with van der Waals surface area (Å²) < 4.78 is 32.1. The summed E-state index contributed by atoms with van der Waals surface area (Å²) in [6, 6.07) is 3.38. The first-order valence-corrected chi connectivity index (χ1v) is 8.22. The minimum atomic E-state index is -0.802. The Kier molecular flexibility index (Phi) is 10.1. The van der Waals surface area contributed by atoms with Crippen LogP contribution in [0.25, 0.3) is 0 Å². The Hall–Kier alpha value is -1.75. The van der Waals surface area contributed by atoms with Crippen molar-refractivity contribution in [2.45, 2.75) is 46.0 Å². The normalized spacial score (nSPS) is 14.0. The van der Waals surface area contributed by atoms with Crippen LogP contribution in [0.2, 0.25) is 0 Å². The molecule has 0 aliphatic rings. The molecule has 0 heterocycles. The van der Waals surface area contributed by atoms with Crippen LogP contribution < -0.4 is 0 Å². The molecule has 0 saturated carbocycles. The third-order valence-corrected chi connectivity index (χ3v) is 3.74. The topological polar surface area (TPSA) is 46.5 Å². The molecule has 2 atom stereocenters. The number of hydrogen-bond donors (Lipinski definition) is 1.